The van der Waals surface area contributed by atoms with Crippen molar-refractivity contribution in [3.05, 3.63) is 59.9 Å². The SMILES string of the molecule is CC(NC(=O)c1cc(NC2CCCCCC2)ccn1)c1ccccc1. The van der Waals surface area contributed by atoms with Gasteiger partial charge in [0.2, 0.25) is 0 Å². The van der Waals surface area contributed by atoms with Crippen molar-refractivity contribution in [2.75, 3.05) is 5.32 Å². The summed E-state index contributed by atoms with van der Waals surface area (Å²) in [5, 5.41) is 6.61. The number of hydrogen-bond donors (Lipinski definition) is 2. The Labute approximate surface area is 150 Å². The van der Waals surface area contributed by atoms with Crippen molar-refractivity contribution in [2.45, 2.75) is 57.5 Å². The summed E-state index contributed by atoms with van der Waals surface area (Å²) in [6.45, 7) is 1.99. The third-order valence-electron chi connectivity index (χ3n) is 4.87. The minimum atomic E-state index is -0.138. The second-order valence-electron chi connectivity index (χ2n) is 6.87. The lowest BCUT2D eigenvalue weighted by molar-refractivity contribution is 0.0935. The highest BCUT2D eigenvalue weighted by Crippen LogP contribution is 2.21. The predicted molar refractivity (Wildman–Crippen MR) is 102 cm³/mol. The minimum absolute atomic E-state index is 0.0472. The largest absolute Gasteiger partial charge is 0.382 e. The van der Waals surface area contributed by atoms with Crippen LogP contribution in [0.2, 0.25) is 0 Å². The van der Waals surface area contributed by atoms with Crippen LogP contribution >= 0.6 is 0 Å². The van der Waals surface area contributed by atoms with Gasteiger partial charge in [0.25, 0.3) is 5.91 Å². The average Bonchev–Trinajstić information content (AvgIpc) is 2.91. The summed E-state index contributed by atoms with van der Waals surface area (Å²) in [4.78, 5) is 16.8. The van der Waals surface area contributed by atoms with Crippen molar-refractivity contribution >= 4 is 11.6 Å². The number of amides is 1. The molecule has 0 saturated heterocycles. The molecular formula is C21H27N3O. The smallest absolute Gasteiger partial charge is 0.270 e. The third-order valence-corrected chi connectivity index (χ3v) is 4.87. The predicted octanol–water partition coefficient (Wildman–Crippen LogP) is 4.71. The van der Waals surface area contributed by atoms with Gasteiger partial charge in [-0.05, 0) is 37.5 Å². The van der Waals surface area contributed by atoms with E-state index in [2.05, 4.69) is 15.6 Å². The van der Waals surface area contributed by atoms with E-state index in [0.29, 0.717) is 11.7 Å². The minimum Gasteiger partial charge on any atom is -0.382 e. The zero-order valence-corrected chi connectivity index (χ0v) is 14.9. The quantitative estimate of drug-likeness (QED) is 0.777. The van der Waals surface area contributed by atoms with Crippen molar-refractivity contribution in [2.24, 2.45) is 0 Å². The maximum Gasteiger partial charge on any atom is 0.270 e. The molecule has 2 N–H and O–H groups in total. The summed E-state index contributed by atoms with van der Waals surface area (Å²) >= 11 is 0. The van der Waals surface area contributed by atoms with Crippen molar-refractivity contribution < 1.29 is 4.79 Å². The van der Waals surface area contributed by atoms with Crippen LogP contribution in [0.1, 0.15) is 67.5 Å². The first kappa shape index (κ1) is 17.5. The number of nitrogens with one attached hydrogen (secondary N) is 2. The molecule has 1 aliphatic carbocycles. The summed E-state index contributed by atoms with van der Waals surface area (Å²) in [7, 11) is 0. The van der Waals surface area contributed by atoms with Gasteiger partial charge < -0.3 is 10.6 Å². The topological polar surface area (TPSA) is 54.0 Å². The van der Waals surface area contributed by atoms with E-state index in [1.807, 2.05) is 49.4 Å². The molecule has 1 fully saturated rings. The number of pyridine rings is 1. The van der Waals surface area contributed by atoms with Crippen LogP contribution < -0.4 is 10.6 Å². The van der Waals surface area contributed by atoms with Crippen LogP contribution in [0.15, 0.2) is 48.7 Å². The maximum atomic E-state index is 12.5. The number of carbonyl (C=O) groups excluding carboxylic acids is 1. The first-order valence-electron chi connectivity index (χ1n) is 9.31. The van der Waals surface area contributed by atoms with Gasteiger partial charge in [-0.25, -0.2) is 0 Å². The van der Waals surface area contributed by atoms with E-state index in [0.717, 1.165) is 11.3 Å². The Morgan fingerprint density at radius 1 is 1.08 bits per heavy atom. The molecule has 1 unspecified atom stereocenters. The lowest BCUT2D eigenvalue weighted by atomic mass is 10.1. The van der Waals surface area contributed by atoms with E-state index >= 15 is 0 Å². The molecule has 1 aromatic heterocycles. The van der Waals surface area contributed by atoms with Gasteiger partial charge in [-0.15, -0.1) is 0 Å². The molecule has 0 aliphatic heterocycles. The molecule has 1 aromatic carbocycles. The number of nitrogens with zero attached hydrogens (tertiary/aromatic N) is 1. The van der Waals surface area contributed by atoms with Gasteiger partial charge in [-0.1, -0.05) is 56.0 Å². The molecule has 0 spiro atoms. The van der Waals surface area contributed by atoms with E-state index in [1.54, 1.807) is 6.20 Å². The van der Waals surface area contributed by atoms with Crippen LogP contribution in [0.4, 0.5) is 5.69 Å². The maximum absolute atomic E-state index is 12.5. The highest BCUT2D eigenvalue weighted by molar-refractivity contribution is 5.93. The van der Waals surface area contributed by atoms with Gasteiger partial charge in [-0.2, -0.15) is 0 Å². The first-order chi connectivity index (χ1) is 12.2. The molecule has 1 saturated carbocycles. The van der Waals surface area contributed by atoms with E-state index in [4.69, 9.17) is 0 Å². The molecule has 0 radical (unpaired) electrons. The zero-order chi connectivity index (χ0) is 17.5. The number of hydrogen-bond acceptors (Lipinski definition) is 3. The van der Waals surface area contributed by atoms with Crippen LogP contribution in [0, 0.1) is 0 Å². The zero-order valence-electron chi connectivity index (χ0n) is 14.9. The third kappa shape index (κ3) is 5.05. The normalized spacial score (nSPS) is 16.7. The van der Waals surface area contributed by atoms with Gasteiger partial charge in [0.05, 0.1) is 6.04 Å². The van der Waals surface area contributed by atoms with E-state index in [-0.39, 0.29) is 11.9 Å². The number of benzene rings is 1. The first-order valence-corrected chi connectivity index (χ1v) is 9.31. The Balaban J connectivity index is 1.63. The van der Waals surface area contributed by atoms with E-state index in [9.17, 15) is 4.79 Å². The van der Waals surface area contributed by atoms with Crippen molar-refractivity contribution in [1.82, 2.24) is 10.3 Å². The molecule has 25 heavy (non-hydrogen) atoms. The molecule has 1 aliphatic rings. The van der Waals surface area contributed by atoms with Crippen LogP contribution in [0.25, 0.3) is 0 Å². The molecule has 3 rings (SSSR count). The molecule has 1 atom stereocenters. The van der Waals surface area contributed by atoms with Crippen LogP contribution in [-0.2, 0) is 0 Å². The number of carbonyl (C=O) groups is 1. The van der Waals surface area contributed by atoms with Crippen LogP contribution in [0.5, 0.6) is 0 Å². The van der Waals surface area contributed by atoms with Crippen molar-refractivity contribution in [3.63, 3.8) is 0 Å². The lowest BCUT2D eigenvalue weighted by Gasteiger charge is -2.18. The molecule has 0 bridgehead atoms. The molecular weight excluding hydrogens is 310 g/mol. The Morgan fingerprint density at radius 3 is 2.52 bits per heavy atom. The molecule has 2 aromatic rings. The Kier molecular flexibility index (Phi) is 6.04. The molecule has 132 valence electrons. The van der Waals surface area contributed by atoms with Crippen LogP contribution in [0.3, 0.4) is 0 Å². The second-order valence-corrected chi connectivity index (χ2v) is 6.87. The number of rotatable bonds is 5. The summed E-state index contributed by atoms with van der Waals surface area (Å²) in [5.74, 6) is -0.138. The van der Waals surface area contributed by atoms with Gasteiger partial charge in [0, 0.05) is 17.9 Å². The number of anilines is 1. The Hall–Kier alpha value is -2.36. The molecule has 4 nitrogen and oxygen atoms in total. The molecule has 4 heteroatoms. The fraction of sp³-hybridized carbons (Fsp3) is 0.429. The lowest BCUT2D eigenvalue weighted by Crippen LogP contribution is -2.27. The van der Waals surface area contributed by atoms with Gasteiger partial charge >= 0.3 is 0 Å². The average molecular weight is 337 g/mol. The Morgan fingerprint density at radius 2 is 1.80 bits per heavy atom. The van der Waals surface area contributed by atoms with Crippen molar-refractivity contribution in [3.8, 4) is 0 Å². The van der Waals surface area contributed by atoms with Gasteiger partial charge in [0.15, 0.2) is 0 Å². The summed E-state index contributed by atoms with van der Waals surface area (Å²) < 4.78 is 0. The highest BCUT2D eigenvalue weighted by Gasteiger charge is 2.15. The number of aromatic nitrogens is 1. The summed E-state index contributed by atoms with van der Waals surface area (Å²) in [6, 6.07) is 14.2. The summed E-state index contributed by atoms with van der Waals surface area (Å²) in [5.41, 5.74) is 2.53. The van der Waals surface area contributed by atoms with Gasteiger partial charge in [-0.3, -0.25) is 9.78 Å². The molecule has 1 amide bonds. The van der Waals surface area contributed by atoms with Crippen molar-refractivity contribution in [1.29, 1.82) is 0 Å². The van der Waals surface area contributed by atoms with E-state index < -0.39 is 0 Å². The molecule has 1 heterocycles. The fourth-order valence-electron chi connectivity index (χ4n) is 3.40. The Bertz CT molecular complexity index is 679. The van der Waals surface area contributed by atoms with Gasteiger partial charge in [0.1, 0.15) is 5.69 Å². The standard InChI is InChI=1S/C21H27N3O/c1-16(17-9-5-4-6-10-17)23-21(25)20-15-19(13-14-22-20)24-18-11-7-2-3-8-12-18/h4-6,9-10,13-16,18H,2-3,7-8,11-12H2,1H3,(H,22,24)(H,23,25). The highest BCUT2D eigenvalue weighted by atomic mass is 16.1. The fourth-order valence-corrected chi connectivity index (χ4v) is 3.40. The van der Waals surface area contributed by atoms with E-state index in [1.165, 1.54) is 38.5 Å². The van der Waals surface area contributed by atoms with Crippen LogP contribution in [-0.4, -0.2) is 16.9 Å². The monoisotopic (exact) mass is 337 g/mol. The summed E-state index contributed by atoms with van der Waals surface area (Å²) in [6.07, 6.45) is 9.35. The second kappa shape index (κ2) is 8.65.